The van der Waals surface area contributed by atoms with E-state index in [2.05, 4.69) is 11.3 Å². The van der Waals surface area contributed by atoms with Crippen molar-refractivity contribution in [2.75, 3.05) is 6.61 Å². The zero-order valence-corrected chi connectivity index (χ0v) is 13.6. The molecule has 0 N–H and O–H groups in total. The Kier molecular flexibility index (Phi) is 14.9. The van der Waals surface area contributed by atoms with Crippen LogP contribution in [-0.4, -0.2) is 46.5 Å². The van der Waals surface area contributed by atoms with E-state index in [4.69, 9.17) is 7.58 Å². The van der Waals surface area contributed by atoms with Gasteiger partial charge in [-0.1, -0.05) is 12.7 Å². The molecule has 0 aromatic heterocycles. The molecule has 19 heavy (non-hydrogen) atoms. The third-order valence-corrected chi connectivity index (χ3v) is 2.72. The molecule has 0 spiro atoms. The maximum atomic E-state index is 10.5. The van der Waals surface area contributed by atoms with Gasteiger partial charge in [-0.2, -0.15) is 0 Å². The lowest BCUT2D eigenvalue weighted by atomic mass is 10.3. The predicted octanol–water partition coefficient (Wildman–Crippen LogP) is 2.07. The highest BCUT2D eigenvalue weighted by Gasteiger charge is 2.03. The van der Waals surface area contributed by atoms with Gasteiger partial charge in [0.15, 0.2) is 0 Å². The van der Waals surface area contributed by atoms with Gasteiger partial charge in [-0.3, -0.25) is 9.59 Å². The number of hydrogen-bond acceptors (Lipinski definition) is 5. The van der Waals surface area contributed by atoms with Gasteiger partial charge in [-0.25, -0.2) is 0 Å². The van der Waals surface area contributed by atoms with Crippen molar-refractivity contribution in [3.8, 4) is 0 Å². The molecular formula is C13H24AlO5. The van der Waals surface area contributed by atoms with Gasteiger partial charge in [0.2, 0.25) is 0 Å². The van der Waals surface area contributed by atoms with E-state index in [1.807, 2.05) is 27.7 Å². The number of hydrogen-bond donors (Lipinski definition) is 0. The standard InChI is InChI=1S/C7H10O3.2C3H7O.Al/c1-3-4-10-7(9)5-6(2)8;2*1-3(2)4;/h3H,1,4-5H2,2H3;2*3H,1-2H3;/q;2*-1;+2. The van der Waals surface area contributed by atoms with Gasteiger partial charge in [-0.05, 0) is 34.6 Å². The van der Waals surface area contributed by atoms with Crippen LogP contribution in [0.1, 0.15) is 41.0 Å². The Hall–Kier alpha value is -0.668. The molecule has 0 rings (SSSR count). The molecule has 0 aliphatic carbocycles. The summed E-state index contributed by atoms with van der Waals surface area (Å²) < 4.78 is 15.0. The molecule has 5 nitrogen and oxygen atoms in total. The third-order valence-electron chi connectivity index (χ3n) is 1.41. The summed E-state index contributed by atoms with van der Waals surface area (Å²) in [6.45, 7) is 12.9. The van der Waals surface area contributed by atoms with Gasteiger partial charge in [-0.15, -0.1) is 0 Å². The Labute approximate surface area is 122 Å². The van der Waals surface area contributed by atoms with Crippen molar-refractivity contribution in [2.24, 2.45) is 0 Å². The van der Waals surface area contributed by atoms with Crippen LogP contribution in [0.15, 0.2) is 12.7 Å². The minimum Gasteiger partial charge on any atom is -0.482 e. The molecular weight excluding hydrogens is 263 g/mol. The van der Waals surface area contributed by atoms with Crippen molar-refractivity contribution in [3.63, 3.8) is 0 Å². The number of carbonyl (C=O) groups is 2. The number of Topliss-reactive ketones (excluding diaryl/α,β-unsaturated/α-hetero) is 1. The summed E-state index contributed by atoms with van der Waals surface area (Å²) in [6.07, 6.45) is 1.92. The Bertz CT molecular complexity index is 256. The fourth-order valence-corrected chi connectivity index (χ4v) is 1.17. The first-order valence-corrected chi connectivity index (χ1v) is 7.12. The highest BCUT2D eigenvalue weighted by molar-refractivity contribution is 6.18. The summed E-state index contributed by atoms with van der Waals surface area (Å²) >= 11 is -0.245. The quantitative estimate of drug-likeness (QED) is 0.296. The molecule has 0 fully saturated rings. The second-order valence-corrected chi connectivity index (χ2v) is 5.05. The fraction of sp³-hybridized carbons (Fsp3) is 0.692. The number of ether oxygens (including phenoxy) is 1. The molecule has 6 heteroatoms. The van der Waals surface area contributed by atoms with Gasteiger partial charge in [0, 0.05) is 12.2 Å². The van der Waals surface area contributed by atoms with E-state index < -0.39 is 5.97 Å². The first-order chi connectivity index (χ1) is 8.79. The smallest absolute Gasteiger partial charge is 0.482 e. The van der Waals surface area contributed by atoms with Crippen molar-refractivity contribution in [2.45, 2.75) is 53.2 Å². The molecule has 0 saturated heterocycles. The lowest BCUT2D eigenvalue weighted by Crippen LogP contribution is -2.14. The highest BCUT2D eigenvalue weighted by atomic mass is 27.2. The second kappa shape index (κ2) is 13.8. The normalized spacial score (nSPS) is 9.63. The summed E-state index contributed by atoms with van der Waals surface area (Å²) in [5, 5.41) is 0. The molecule has 0 saturated carbocycles. The summed E-state index contributed by atoms with van der Waals surface area (Å²) in [5.41, 5.74) is 0. The van der Waals surface area contributed by atoms with Crippen molar-refractivity contribution < 1.29 is 21.9 Å². The molecule has 0 aliphatic rings. The molecule has 0 aliphatic heterocycles. The summed E-state index contributed by atoms with van der Waals surface area (Å²) in [7, 11) is 0. The Morgan fingerprint density at radius 1 is 1.16 bits per heavy atom. The molecule has 0 atom stereocenters. The van der Waals surface area contributed by atoms with Gasteiger partial charge >= 0.3 is 21.9 Å². The largest absolute Gasteiger partial charge is 0.668 e. The maximum Gasteiger partial charge on any atom is 0.668 e. The molecule has 0 aromatic carbocycles. The summed E-state index contributed by atoms with van der Waals surface area (Å²) in [6, 6.07) is 0. The van der Waals surface area contributed by atoms with E-state index in [9.17, 15) is 9.59 Å². The average molecular weight is 287 g/mol. The SMILES string of the molecule is C=CCOC(=O)CC(C)=O.CC(C)[O][Al][O]C(C)C. The van der Waals surface area contributed by atoms with Gasteiger partial charge in [0.25, 0.3) is 0 Å². The van der Waals surface area contributed by atoms with E-state index in [1.54, 1.807) is 0 Å². The fourth-order valence-electron chi connectivity index (χ4n) is 0.660. The third kappa shape index (κ3) is 22.9. The zero-order chi connectivity index (χ0) is 15.3. The Morgan fingerprint density at radius 2 is 1.63 bits per heavy atom. The van der Waals surface area contributed by atoms with Gasteiger partial charge in [0.1, 0.15) is 18.8 Å². The van der Waals surface area contributed by atoms with Crippen molar-refractivity contribution in [1.29, 1.82) is 0 Å². The van der Waals surface area contributed by atoms with Crippen LogP contribution in [0.4, 0.5) is 0 Å². The minimum absolute atomic E-state index is 0.145. The minimum atomic E-state index is -0.493. The molecule has 0 unspecified atom stereocenters. The first-order valence-electron chi connectivity index (χ1n) is 6.18. The lowest BCUT2D eigenvalue weighted by molar-refractivity contribution is -0.144. The average Bonchev–Trinajstić information content (AvgIpc) is 2.25. The number of ketones is 1. The first kappa shape index (κ1) is 20.6. The van der Waals surface area contributed by atoms with Crippen LogP contribution in [0, 0.1) is 0 Å². The van der Waals surface area contributed by atoms with Crippen LogP contribution in [0.25, 0.3) is 0 Å². The van der Waals surface area contributed by atoms with E-state index in [0.717, 1.165) is 0 Å². The molecule has 0 aromatic rings. The van der Waals surface area contributed by atoms with Gasteiger partial charge in [0.05, 0.1) is 0 Å². The van der Waals surface area contributed by atoms with Crippen LogP contribution in [0.3, 0.4) is 0 Å². The lowest BCUT2D eigenvalue weighted by Gasteiger charge is -2.09. The Morgan fingerprint density at radius 3 is 1.95 bits per heavy atom. The Balaban J connectivity index is 0. The monoisotopic (exact) mass is 287 g/mol. The summed E-state index contributed by atoms with van der Waals surface area (Å²) in [4.78, 5) is 20.8. The molecule has 109 valence electrons. The molecule has 0 bridgehead atoms. The topological polar surface area (TPSA) is 61.8 Å². The van der Waals surface area contributed by atoms with Crippen LogP contribution < -0.4 is 0 Å². The molecule has 0 amide bonds. The zero-order valence-electron chi connectivity index (χ0n) is 12.5. The molecule has 1 radical (unpaired) electrons. The van der Waals surface area contributed by atoms with E-state index >= 15 is 0 Å². The van der Waals surface area contributed by atoms with Gasteiger partial charge < -0.3 is 12.3 Å². The van der Waals surface area contributed by atoms with E-state index in [-0.39, 0.29) is 34.7 Å². The van der Waals surface area contributed by atoms with E-state index in [0.29, 0.717) is 12.2 Å². The molecule has 0 heterocycles. The van der Waals surface area contributed by atoms with Crippen molar-refractivity contribution in [3.05, 3.63) is 12.7 Å². The predicted molar refractivity (Wildman–Crippen MR) is 74.7 cm³/mol. The van der Waals surface area contributed by atoms with Crippen LogP contribution in [0.5, 0.6) is 0 Å². The van der Waals surface area contributed by atoms with Crippen molar-refractivity contribution in [1.82, 2.24) is 0 Å². The van der Waals surface area contributed by atoms with Crippen LogP contribution in [-0.2, 0) is 21.9 Å². The summed E-state index contributed by atoms with van der Waals surface area (Å²) in [5.74, 6) is -0.679. The van der Waals surface area contributed by atoms with E-state index in [1.165, 1.54) is 13.0 Å². The number of carbonyl (C=O) groups excluding carboxylic acids is 2. The van der Waals surface area contributed by atoms with Crippen LogP contribution >= 0.6 is 0 Å². The second-order valence-electron chi connectivity index (χ2n) is 4.32. The van der Waals surface area contributed by atoms with Crippen LogP contribution in [0.2, 0.25) is 0 Å². The highest BCUT2D eigenvalue weighted by Crippen LogP contribution is 1.89. The number of esters is 1. The maximum absolute atomic E-state index is 10.5. The number of rotatable bonds is 8. The van der Waals surface area contributed by atoms with Crippen molar-refractivity contribution >= 4 is 27.6 Å².